The van der Waals surface area contributed by atoms with Gasteiger partial charge in [0.15, 0.2) is 5.16 Å². The zero-order chi connectivity index (χ0) is 22.8. The van der Waals surface area contributed by atoms with Gasteiger partial charge in [0.2, 0.25) is 5.91 Å². The van der Waals surface area contributed by atoms with Crippen LogP contribution in [0.5, 0.6) is 0 Å². The van der Waals surface area contributed by atoms with Gasteiger partial charge < -0.3 is 15.3 Å². The van der Waals surface area contributed by atoms with Gasteiger partial charge >= 0.3 is 5.69 Å². The third-order valence-electron chi connectivity index (χ3n) is 5.25. The van der Waals surface area contributed by atoms with Crippen molar-refractivity contribution in [2.75, 3.05) is 5.32 Å². The monoisotopic (exact) mass is 455 g/mol. The van der Waals surface area contributed by atoms with Crippen molar-refractivity contribution in [1.29, 1.82) is 0 Å². The third-order valence-corrected chi connectivity index (χ3v) is 6.31. The molecular formula is C25H21N5O2S. The van der Waals surface area contributed by atoms with E-state index in [-0.39, 0.29) is 11.6 Å². The van der Waals surface area contributed by atoms with E-state index in [9.17, 15) is 9.59 Å². The molecule has 0 radical (unpaired) electrons. The highest BCUT2D eigenvalue weighted by Crippen LogP contribution is 2.32. The zero-order valence-corrected chi connectivity index (χ0v) is 18.6. The molecule has 5 rings (SSSR count). The molecule has 2 heterocycles. The van der Waals surface area contributed by atoms with Gasteiger partial charge in [-0.3, -0.25) is 9.36 Å². The summed E-state index contributed by atoms with van der Waals surface area (Å²) >= 11 is 1.39. The number of nitrogens with zero attached hydrogens (tertiary/aromatic N) is 2. The SMILES string of the molecule is CC(Sc1ncc(-c2ccccc2)n1-c1ccccc1)C(=O)Nc1ccc2[nH]c(=O)[nH]c2c1. The Morgan fingerprint density at radius 2 is 1.67 bits per heavy atom. The molecule has 0 aliphatic carbocycles. The van der Waals surface area contributed by atoms with Gasteiger partial charge in [0, 0.05) is 16.9 Å². The highest BCUT2D eigenvalue weighted by Gasteiger charge is 2.21. The molecule has 3 aromatic carbocycles. The van der Waals surface area contributed by atoms with Crippen LogP contribution in [0.25, 0.3) is 28.0 Å². The second-order valence-electron chi connectivity index (χ2n) is 7.55. The highest BCUT2D eigenvalue weighted by atomic mass is 32.2. The first-order valence-electron chi connectivity index (χ1n) is 10.5. The number of nitrogens with one attached hydrogen (secondary N) is 3. The van der Waals surface area contributed by atoms with Crippen LogP contribution in [0, 0.1) is 0 Å². The van der Waals surface area contributed by atoms with Crippen LogP contribution < -0.4 is 11.0 Å². The highest BCUT2D eigenvalue weighted by molar-refractivity contribution is 8.00. The van der Waals surface area contributed by atoms with Crippen LogP contribution in [0.4, 0.5) is 5.69 Å². The van der Waals surface area contributed by atoms with E-state index in [1.807, 2.05) is 73.8 Å². The molecule has 8 heteroatoms. The number of benzene rings is 3. The number of hydrogen-bond donors (Lipinski definition) is 3. The Morgan fingerprint density at radius 1 is 0.970 bits per heavy atom. The van der Waals surface area contributed by atoms with Crippen LogP contribution in [0.15, 0.2) is 95.0 Å². The number of rotatable bonds is 6. The summed E-state index contributed by atoms with van der Waals surface area (Å²) in [5, 5.41) is 3.25. The van der Waals surface area contributed by atoms with E-state index >= 15 is 0 Å². The number of carbonyl (C=O) groups is 1. The number of H-pyrrole nitrogens is 2. The van der Waals surface area contributed by atoms with E-state index < -0.39 is 5.25 Å². The first kappa shape index (κ1) is 20.8. The van der Waals surface area contributed by atoms with Gasteiger partial charge in [-0.15, -0.1) is 0 Å². The average molecular weight is 456 g/mol. The Hall–Kier alpha value is -4.04. The minimum Gasteiger partial charge on any atom is -0.325 e. The van der Waals surface area contributed by atoms with E-state index in [1.165, 1.54) is 11.8 Å². The molecule has 164 valence electrons. The zero-order valence-electron chi connectivity index (χ0n) is 17.8. The van der Waals surface area contributed by atoms with Crippen LogP contribution in [0.1, 0.15) is 6.92 Å². The number of imidazole rings is 2. The molecule has 1 atom stereocenters. The molecule has 1 amide bonds. The van der Waals surface area contributed by atoms with Crippen molar-refractivity contribution in [2.24, 2.45) is 0 Å². The molecule has 0 bridgehead atoms. The van der Waals surface area contributed by atoms with E-state index in [1.54, 1.807) is 18.2 Å². The number of amides is 1. The molecule has 2 aromatic heterocycles. The summed E-state index contributed by atoms with van der Waals surface area (Å²) in [5.74, 6) is -0.152. The fourth-order valence-corrected chi connectivity index (χ4v) is 4.53. The van der Waals surface area contributed by atoms with E-state index in [0.29, 0.717) is 16.7 Å². The lowest BCUT2D eigenvalue weighted by Crippen LogP contribution is -2.22. The summed E-state index contributed by atoms with van der Waals surface area (Å²) in [6.07, 6.45) is 1.84. The van der Waals surface area contributed by atoms with Crippen molar-refractivity contribution in [1.82, 2.24) is 19.5 Å². The van der Waals surface area contributed by atoms with Gasteiger partial charge in [0.25, 0.3) is 0 Å². The molecule has 33 heavy (non-hydrogen) atoms. The van der Waals surface area contributed by atoms with Gasteiger partial charge in [-0.05, 0) is 37.3 Å². The van der Waals surface area contributed by atoms with Crippen molar-refractivity contribution < 1.29 is 4.79 Å². The second-order valence-corrected chi connectivity index (χ2v) is 8.86. The second kappa shape index (κ2) is 8.84. The Morgan fingerprint density at radius 3 is 2.42 bits per heavy atom. The molecule has 1 unspecified atom stereocenters. The summed E-state index contributed by atoms with van der Waals surface area (Å²) in [6, 6.07) is 25.3. The van der Waals surface area contributed by atoms with Crippen LogP contribution >= 0.6 is 11.8 Å². The molecule has 0 saturated heterocycles. The number of hydrogen-bond acceptors (Lipinski definition) is 4. The predicted molar refractivity (Wildman–Crippen MR) is 132 cm³/mol. The van der Waals surface area contributed by atoms with Gasteiger partial charge in [0.05, 0.1) is 28.2 Å². The molecule has 7 nitrogen and oxygen atoms in total. The summed E-state index contributed by atoms with van der Waals surface area (Å²) in [7, 11) is 0. The Labute approximate surface area is 193 Å². The summed E-state index contributed by atoms with van der Waals surface area (Å²) < 4.78 is 2.07. The molecule has 0 saturated carbocycles. The number of carbonyl (C=O) groups excluding carboxylic acids is 1. The molecule has 0 aliphatic heterocycles. The Balaban J connectivity index is 1.41. The summed E-state index contributed by atoms with van der Waals surface area (Å²) in [4.78, 5) is 34.5. The minimum absolute atomic E-state index is 0.152. The topological polar surface area (TPSA) is 95.6 Å². The number of aromatic nitrogens is 4. The lowest BCUT2D eigenvalue weighted by atomic mass is 10.1. The molecule has 0 fully saturated rings. The van der Waals surface area contributed by atoms with Gasteiger partial charge in [-0.2, -0.15) is 0 Å². The van der Waals surface area contributed by atoms with Gasteiger partial charge in [-0.1, -0.05) is 60.3 Å². The Bertz CT molecular complexity index is 1470. The van der Waals surface area contributed by atoms with E-state index in [2.05, 4.69) is 24.8 Å². The molecular weight excluding hydrogens is 434 g/mol. The smallest absolute Gasteiger partial charge is 0.323 e. The van der Waals surface area contributed by atoms with Gasteiger partial charge in [0.1, 0.15) is 0 Å². The lowest BCUT2D eigenvalue weighted by Gasteiger charge is -2.15. The minimum atomic E-state index is -0.403. The van der Waals surface area contributed by atoms with Crippen LogP contribution in [-0.2, 0) is 4.79 Å². The van der Waals surface area contributed by atoms with E-state index in [4.69, 9.17) is 0 Å². The maximum Gasteiger partial charge on any atom is 0.323 e. The predicted octanol–water partition coefficient (Wildman–Crippen LogP) is 4.83. The van der Waals surface area contributed by atoms with Crippen molar-refractivity contribution >= 4 is 34.4 Å². The van der Waals surface area contributed by atoms with Crippen molar-refractivity contribution in [2.45, 2.75) is 17.3 Å². The first-order valence-corrected chi connectivity index (χ1v) is 11.3. The number of fused-ring (bicyclic) bond motifs is 1. The number of aromatic amines is 2. The van der Waals surface area contributed by atoms with Crippen molar-refractivity contribution in [3.63, 3.8) is 0 Å². The quantitative estimate of drug-likeness (QED) is 0.320. The fourth-order valence-electron chi connectivity index (χ4n) is 3.62. The van der Waals surface area contributed by atoms with Crippen LogP contribution in [0.3, 0.4) is 0 Å². The fraction of sp³-hybridized carbons (Fsp3) is 0.0800. The summed E-state index contributed by atoms with van der Waals surface area (Å²) in [5.41, 5.74) is 4.66. The van der Waals surface area contributed by atoms with Crippen LogP contribution in [0.2, 0.25) is 0 Å². The molecule has 3 N–H and O–H groups in total. The molecule has 0 spiro atoms. The van der Waals surface area contributed by atoms with Crippen LogP contribution in [-0.4, -0.2) is 30.7 Å². The Kier molecular flexibility index (Phi) is 5.58. The number of para-hydroxylation sites is 1. The largest absolute Gasteiger partial charge is 0.325 e. The molecule has 0 aliphatic rings. The van der Waals surface area contributed by atoms with Crippen molar-refractivity contribution in [3.05, 3.63) is 95.5 Å². The number of thioether (sulfide) groups is 1. The summed E-state index contributed by atoms with van der Waals surface area (Å²) in [6.45, 7) is 1.85. The standard InChI is InChI=1S/C25H21N5O2S/c1-16(23(31)27-18-12-13-20-21(14-18)29-24(32)28-20)33-25-26-15-22(17-8-4-2-5-9-17)30(25)19-10-6-3-7-11-19/h2-16H,1H3,(H,27,31)(H2,28,29,32). The third kappa shape index (κ3) is 4.33. The maximum atomic E-state index is 12.9. The molecule has 5 aromatic rings. The maximum absolute atomic E-state index is 12.9. The lowest BCUT2D eigenvalue weighted by molar-refractivity contribution is -0.115. The van der Waals surface area contributed by atoms with Crippen molar-refractivity contribution in [3.8, 4) is 16.9 Å². The normalized spacial score (nSPS) is 12.0. The van der Waals surface area contributed by atoms with E-state index in [0.717, 1.165) is 22.1 Å². The first-order chi connectivity index (χ1) is 16.1. The average Bonchev–Trinajstić information content (AvgIpc) is 3.42. The van der Waals surface area contributed by atoms with Gasteiger partial charge in [-0.25, -0.2) is 9.78 Å². The number of anilines is 1.